The smallest absolute Gasteiger partial charge is 0.232 e. The Bertz CT molecular complexity index is 1270. The van der Waals surface area contributed by atoms with Crippen LogP contribution in [0, 0.1) is 5.82 Å². The molecule has 174 valence electrons. The molecule has 3 heterocycles. The first-order valence-electron chi connectivity index (χ1n) is 11.0. The molecule has 4 aromatic rings. The molecule has 0 spiro atoms. The molecule has 2 aromatic carbocycles. The highest BCUT2D eigenvalue weighted by atomic mass is 32.1. The Balaban J connectivity index is 1.19. The van der Waals surface area contributed by atoms with Gasteiger partial charge in [0.05, 0.1) is 31.0 Å². The molecule has 0 bridgehead atoms. The van der Waals surface area contributed by atoms with Crippen molar-refractivity contribution in [1.29, 1.82) is 0 Å². The zero-order valence-electron chi connectivity index (χ0n) is 18.4. The summed E-state index contributed by atoms with van der Waals surface area (Å²) in [6.45, 7) is 4.36. The van der Waals surface area contributed by atoms with Crippen LogP contribution in [0.5, 0.6) is 0 Å². The van der Waals surface area contributed by atoms with E-state index in [0.29, 0.717) is 10.8 Å². The van der Waals surface area contributed by atoms with Gasteiger partial charge in [-0.1, -0.05) is 18.2 Å². The number of halogens is 1. The molecule has 5 rings (SSSR count). The van der Waals surface area contributed by atoms with Gasteiger partial charge < -0.3 is 10.1 Å². The van der Waals surface area contributed by atoms with Crippen LogP contribution in [-0.4, -0.2) is 47.1 Å². The number of thiazole rings is 2. The number of carbonyl (C=O) groups is 1. The number of carbonyl (C=O) groups excluding carboxylic acids is 1. The molecule has 9 heteroatoms. The lowest BCUT2D eigenvalue weighted by atomic mass is 10.1. The highest BCUT2D eigenvalue weighted by Gasteiger charge is 2.14. The van der Waals surface area contributed by atoms with Gasteiger partial charge in [-0.25, -0.2) is 14.4 Å². The number of anilines is 1. The van der Waals surface area contributed by atoms with Crippen LogP contribution < -0.4 is 5.32 Å². The highest BCUT2D eigenvalue weighted by molar-refractivity contribution is 7.14. The summed E-state index contributed by atoms with van der Waals surface area (Å²) in [6.07, 6.45) is 0.176. The van der Waals surface area contributed by atoms with Crippen molar-refractivity contribution in [3.63, 3.8) is 0 Å². The van der Waals surface area contributed by atoms with Gasteiger partial charge in [0.1, 0.15) is 10.8 Å². The van der Waals surface area contributed by atoms with Crippen molar-refractivity contribution in [3.8, 4) is 21.8 Å². The molecule has 0 saturated carbocycles. The third-order valence-corrected chi connectivity index (χ3v) is 7.17. The zero-order chi connectivity index (χ0) is 23.3. The van der Waals surface area contributed by atoms with Crippen LogP contribution in [-0.2, 0) is 22.5 Å². The molecule has 2 aromatic heterocycles. The maximum absolute atomic E-state index is 13.1. The summed E-state index contributed by atoms with van der Waals surface area (Å²) in [6, 6.07) is 14.5. The molecule has 1 amide bonds. The van der Waals surface area contributed by atoms with Gasteiger partial charge in [0, 0.05) is 41.5 Å². The van der Waals surface area contributed by atoms with Crippen molar-refractivity contribution in [1.82, 2.24) is 14.9 Å². The molecular formula is C25H23FN4O2S2. The lowest BCUT2D eigenvalue weighted by Gasteiger charge is -2.26. The minimum Gasteiger partial charge on any atom is -0.379 e. The van der Waals surface area contributed by atoms with Gasteiger partial charge in [-0.3, -0.25) is 9.69 Å². The molecule has 0 aliphatic carbocycles. The molecule has 6 nitrogen and oxygen atoms in total. The van der Waals surface area contributed by atoms with Gasteiger partial charge in [0.2, 0.25) is 5.91 Å². The fraction of sp³-hybridized carbons (Fsp3) is 0.240. The van der Waals surface area contributed by atoms with E-state index in [0.717, 1.165) is 54.7 Å². The largest absolute Gasteiger partial charge is 0.379 e. The number of nitrogens with one attached hydrogen (secondary N) is 1. The predicted octanol–water partition coefficient (Wildman–Crippen LogP) is 5.09. The Morgan fingerprint density at radius 3 is 2.68 bits per heavy atom. The predicted molar refractivity (Wildman–Crippen MR) is 133 cm³/mol. The number of nitrogens with zero attached hydrogens (tertiary/aromatic N) is 3. The van der Waals surface area contributed by atoms with Crippen molar-refractivity contribution in [2.45, 2.75) is 13.0 Å². The van der Waals surface area contributed by atoms with Crippen molar-refractivity contribution < 1.29 is 13.9 Å². The van der Waals surface area contributed by atoms with Crippen LogP contribution in [0.3, 0.4) is 0 Å². The van der Waals surface area contributed by atoms with E-state index in [2.05, 4.69) is 44.5 Å². The molecule has 1 aliphatic heterocycles. The van der Waals surface area contributed by atoms with E-state index in [9.17, 15) is 9.18 Å². The first-order chi connectivity index (χ1) is 16.6. The number of morpholine rings is 1. The lowest BCUT2D eigenvalue weighted by molar-refractivity contribution is -0.115. The van der Waals surface area contributed by atoms with Gasteiger partial charge in [-0.2, -0.15) is 0 Å². The molecule has 1 saturated heterocycles. The van der Waals surface area contributed by atoms with E-state index in [-0.39, 0.29) is 18.1 Å². The average Bonchev–Trinajstić information content (AvgIpc) is 3.50. The number of hydrogen-bond acceptors (Lipinski definition) is 7. The summed E-state index contributed by atoms with van der Waals surface area (Å²) in [5.74, 6) is -0.461. The Hall–Kier alpha value is -2.98. The van der Waals surface area contributed by atoms with Crippen LogP contribution in [0.25, 0.3) is 21.8 Å². The van der Waals surface area contributed by atoms with Gasteiger partial charge in [-0.15, -0.1) is 22.7 Å². The number of ether oxygens (including phenoxy) is 1. The Morgan fingerprint density at radius 1 is 1.03 bits per heavy atom. The molecule has 0 atom stereocenters. The van der Waals surface area contributed by atoms with E-state index < -0.39 is 0 Å². The van der Waals surface area contributed by atoms with Crippen LogP contribution in [0.4, 0.5) is 9.52 Å². The van der Waals surface area contributed by atoms with Gasteiger partial charge in [0.25, 0.3) is 0 Å². The van der Waals surface area contributed by atoms with Gasteiger partial charge >= 0.3 is 0 Å². The molecule has 1 aliphatic rings. The van der Waals surface area contributed by atoms with Gasteiger partial charge in [-0.05, 0) is 35.9 Å². The lowest BCUT2D eigenvalue weighted by Crippen LogP contribution is -2.35. The van der Waals surface area contributed by atoms with E-state index in [1.165, 1.54) is 40.4 Å². The van der Waals surface area contributed by atoms with Crippen LogP contribution >= 0.6 is 22.7 Å². The Labute approximate surface area is 205 Å². The number of benzene rings is 2. The van der Waals surface area contributed by atoms with Crippen LogP contribution in [0.2, 0.25) is 0 Å². The van der Waals surface area contributed by atoms with E-state index in [1.54, 1.807) is 12.1 Å². The van der Waals surface area contributed by atoms with Crippen molar-refractivity contribution in [2.24, 2.45) is 0 Å². The van der Waals surface area contributed by atoms with Crippen LogP contribution in [0.1, 0.15) is 11.3 Å². The monoisotopic (exact) mass is 494 g/mol. The number of rotatable bonds is 7. The van der Waals surface area contributed by atoms with Crippen LogP contribution in [0.15, 0.2) is 59.3 Å². The normalized spacial score (nSPS) is 14.3. The fourth-order valence-electron chi connectivity index (χ4n) is 3.75. The molecular weight excluding hydrogens is 471 g/mol. The van der Waals surface area contributed by atoms with Crippen molar-refractivity contribution in [3.05, 3.63) is 76.4 Å². The summed E-state index contributed by atoms with van der Waals surface area (Å²) < 4.78 is 18.6. The van der Waals surface area contributed by atoms with Crippen molar-refractivity contribution >= 4 is 33.7 Å². The zero-order valence-corrected chi connectivity index (χ0v) is 20.0. The second kappa shape index (κ2) is 10.5. The summed E-state index contributed by atoms with van der Waals surface area (Å²) in [5, 5.41) is 8.02. The Morgan fingerprint density at radius 2 is 1.85 bits per heavy atom. The fourth-order valence-corrected chi connectivity index (χ4v) is 5.31. The average molecular weight is 495 g/mol. The maximum Gasteiger partial charge on any atom is 0.232 e. The molecule has 0 radical (unpaired) electrons. The molecule has 0 unspecified atom stereocenters. The summed E-state index contributed by atoms with van der Waals surface area (Å²) in [5.41, 5.74) is 4.54. The second-order valence-corrected chi connectivity index (χ2v) is 9.72. The second-order valence-electron chi connectivity index (χ2n) is 8.00. The third kappa shape index (κ3) is 5.74. The standard InChI is InChI=1S/C25H23FN4O2S2/c26-20-6-4-18(5-7-20)22-16-34-25(28-22)29-23(31)13-21-15-33-24(27-21)19-3-1-2-17(12-19)14-30-8-10-32-11-9-30/h1-7,12,15-16H,8-11,13-14H2,(H,28,29,31). The first kappa shape index (κ1) is 22.8. The molecule has 1 fully saturated rings. The number of hydrogen-bond donors (Lipinski definition) is 1. The summed E-state index contributed by atoms with van der Waals surface area (Å²) >= 11 is 2.88. The Kier molecular flexibility index (Phi) is 7.05. The number of aromatic nitrogens is 2. The molecule has 34 heavy (non-hydrogen) atoms. The number of amides is 1. The minimum absolute atomic E-state index is 0.169. The highest BCUT2D eigenvalue weighted by Crippen LogP contribution is 2.27. The summed E-state index contributed by atoms with van der Waals surface area (Å²) in [7, 11) is 0. The minimum atomic E-state index is -0.293. The quantitative estimate of drug-likeness (QED) is 0.388. The van der Waals surface area contributed by atoms with Crippen molar-refractivity contribution in [2.75, 3.05) is 31.6 Å². The van der Waals surface area contributed by atoms with E-state index in [1.807, 2.05) is 10.8 Å². The van der Waals surface area contributed by atoms with Gasteiger partial charge in [0.15, 0.2) is 5.13 Å². The maximum atomic E-state index is 13.1. The third-order valence-electron chi connectivity index (χ3n) is 5.47. The summed E-state index contributed by atoms with van der Waals surface area (Å²) in [4.78, 5) is 24.1. The molecule has 1 N–H and O–H groups in total. The SMILES string of the molecule is O=C(Cc1csc(-c2cccc(CN3CCOCC3)c2)n1)Nc1nc(-c2ccc(F)cc2)cs1. The van der Waals surface area contributed by atoms with E-state index >= 15 is 0 Å². The first-order valence-corrected chi connectivity index (χ1v) is 12.7. The van der Waals surface area contributed by atoms with E-state index in [4.69, 9.17) is 4.74 Å². The topological polar surface area (TPSA) is 67.4 Å².